The van der Waals surface area contributed by atoms with Crippen LogP contribution in [0.2, 0.25) is 0 Å². The van der Waals surface area contributed by atoms with Crippen LogP contribution in [0.25, 0.3) is 0 Å². The summed E-state index contributed by atoms with van der Waals surface area (Å²) < 4.78 is 11.7. The second-order valence-corrected chi connectivity index (χ2v) is 10.4. The third kappa shape index (κ3) is 12.5. The molecule has 41 heavy (non-hydrogen) atoms. The third-order valence-electron chi connectivity index (χ3n) is 6.40. The Morgan fingerprint density at radius 3 is 1.29 bits per heavy atom. The second-order valence-electron chi connectivity index (χ2n) is 9.43. The van der Waals surface area contributed by atoms with Crippen LogP contribution in [0.3, 0.4) is 0 Å². The van der Waals surface area contributed by atoms with Crippen molar-refractivity contribution in [2.45, 2.75) is 24.9 Å². The summed E-state index contributed by atoms with van der Waals surface area (Å²) in [6.07, 6.45) is -0.294. The smallest absolute Gasteiger partial charge is 0.480 e. The van der Waals surface area contributed by atoms with Crippen molar-refractivity contribution < 1.29 is 49.1 Å². The molecule has 0 radical (unpaired) electrons. The summed E-state index contributed by atoms with van der Waals surface area (Å²) in [6, 6.07) is 15.0. The highest BCUT2D eigenvalue weighted by Crippen LogP contribution is 2.17. The summed E-state index contributed by atoms with van der Waals surface area (Å²) in [7, 11) is -2.70. The maximum atomic E-state index is 12.1. The van der Waals surface area contributed by atoms with Crippen LogP contribution in [-0.4, -0.2) is 122 Å². The largest absolute Gasteiger partial charge is 0.521 e. The molecule has 0 fully saturated rings. The van der Waals surface area contributed by atoms with Crippen molar-refractivity contribution in [2.24, 2.45) is 0 Å². The minimum absolute atomic E-state index is 0.0230. The van der Waals surface area contributed by atoms with Gasteiger partial charge in [0.15, 0.2) is 0 Å². The first-order valence-corrected chi connectivity index (χ1v) is 14.2. The van der Waals surface area contributed by atoms with E-state index in [1.807, 2.05) is 0 Å². The molecule has 1 unspecified atom stereocenters. The molecule has 0 saturated carbocycles. The van der Waals surface area contributed by atoms with Gasteiger partial charge in [0, 0.05) is 26.2 Å². The van der Waals surface area contributed by atoms with Gasteiger partial charge in [-0.25, -0.2) is 0 Å². The summed E-state index contributed by atoms with van der Waals surface area (Å²) in [4.78, 5) is 60.9. The Kier molecular flexibility index (Phi) is 14.0. The van der Waals surface area contributed by atoms with E-state index in [4.69, 9.17) is 0 Å². The van der Waals surface area contributed by atoms with Gasteiger partial charge in [0.1, 0.15) is 12.1 Å². The van der Waals surface area contributed by atoms with Crippen molar-refractivity contribution in [2.75, 3.05) is 45.6 Å². The van der Waals surface area contributed by atoms with Crippen LogP contribution in [0.4, 0.5) is 0 Å². The third-order valence-corrected chi connectivity index (χ3v) is 7.04. The van der Waals surface area contributed by atoms with Crippen LogP contribution in [0, 0.1) is 0 Å². The quantitative estimate of drug-likeness (QED) is 0.137. The molecule has 2 aromatic rings. The predicted octanol–water partition coefficient (Wildman–Crippen LogP) is 1.15. The number of hydrogen-bond acceptors (Lipinski definition) is 8. The topological polar surface area (TPSA) is 196 Å². The first kappa shape index (κ1) is 33.5. The SMILES string of the molecule is O=C(O)CN(CCN(CCN(CC(=O)O)[C@@H](Cc1ccccc1)C(=O)O)C[P+](=O)O)[C@@H](Cc1ccccc1)C(=O)O. The van der Waals surface area contributed by atoms with Gasteiger partial charge < -0.3 is 20.4 Å². The maximum Gasteiger partial charge on any atom is 0.521 e. The van der Waals surface area contributed by atoms with Gasteiger partial charge in [-0.1, -0.05) is 60.7 Å². The number of aliphatic carboxylic acids is 4. The molecule has 0 aliphatic rings. The summed E-state index contributed by atoms with van der Waals surface area (Å²) in [5, 5.41) is 38.6. The van der Waals surface area contributed by atoms with Crippen LogP contribution in [0.15, 0.2) is 60.7 Å². The van der Waals surface area contributed by atoms with Gasteiger partial charge in [0.25, 0.3) is 0 Å². The van der Waals surface area contributed by atoms with Crippen LogP contribution >= 0.6 is 8.03 Å². The van der Waals surface area contributed by atoms with Gasteiger partial charge in [-0.15, -0.1) is 0 Å². The number of carbonyl (C=O) groups is 4. The number of carboxylic acids is 4. The standard InChI is InChI=1S/C27H34N3O10P/c31-24(32)17-29(22(26(35)36)15-20-7-3-1-4-8-20)13-11-28(19-41(39)40)12-14-30(18-25(33)34)23(27(37)38)16-21-9-5-2-6-10-21/h1-10,22-23H,11-19H2,(H4-,31,32,33,34,35,36,37,38,39,40)/p+1/t22-,23-/m0/s1. The summed E-state index contributed by atoms with van der Waals surface area (Å²) in [6.45, 7) is -1.41. The highest BCUT2D eigenvalue weighted by atomic mass is 31.1. The fourth-order valence-electron chi connectivity index (χ4n) is 4.42. The van der Waals surface area contributed by atoms with E-state index < -0.39 is 57.1 Å². The lowest BCUT2D eigenvalue weighted by molar-refractivity contribution is -0.147. The Morgan fingerprint density at radius 2 is 1.00 bits per heavy atom. The highest BCUT2D eigenvalue weighted by molar-refractivity contribution is 7.37. The fourth-order valence-corrected chi connectivity index (χ4v) is 5.05. The van der Waals surface area contributed by atoms with Crippen molar-refractivity contribution >= 4 is 31.9 Å². The first-order chi connectivity index (χ1) is 19.5. The molecule has 2 rings (SSSR count). The molecule has 222 valence electrons. The van der Waals surface area contributed by atoms with E-state index in [1.54, 1.807) is 60.7 Å². The predicted molar refractivity (Wildman–Crippen MR) is 148 cm³/mol. The molecule has 0 aliphatic carbocycles. The fraction of sp³-hybridized carbons (Fsp3) is 0.407. The van der Waals surface area contributed by atoms with Crippen LogP contribution in [0.5, 0.6) is 0 Å². The van der Waals surface area contributed by atoms with Gasteiger partial charge in [0.05, 0.1) is 13.1 Å². The Hall–Kier alpha value is -3.74. The van der Waals surface area contributed by atoms with Crippen molar-refractivity contribution in [3.63, 3.8) is 0 Å². The van der Waals surface area contributed by atoms with E-state index in [9.17, 15) is 49.1 Å². The molecule has 0 amide bonds. The molecule has 3 atom stereocenters. The van der Waals surface area contributed by atoms with Gasteiger partial charge in [-0.05, 0) is 28.5 Å². The van der Waals surface area contributed by atoms with Crippen LogP contribution in [0.1, 0.15) is 11.1 Å². The molecule has 0 heterocycles. The maximum absolute atomic E-state index is 12.1. The van der Waals surface area contributed by atoms with Crippen LogP contribution < -0.4 is 0 Å². The lowest BCUT2D eigenvalue weighted by atomic mass is 10.0. The molecule has 0 spiro atoms. The zero-order valence-corrected chi connectivity index (χ0v) is 23.3. The molecule has 0 saturated heterocycles. The molecule has 0 aromatic heterocycles. The Labute approximate surface area is 238 Å². The molecule has 13 nitrogen and oxygen atoms in total. The molecule has 0 aliphatic heterocycles. The number of rotatable bonds is 20. The van der Waals surface area contributed by atoms with E-state index in [0.29, 0.717) is 11.1 Å². The van der Waals surface area contributed by atoms with E-state index in [0.717, 1.165) is 0 Å². The van der Waals surface area contributed by atoms with Gasteiger partial charge in [-0.3, -0.25) is 33.9 Å². The number of hydrogen-bond donors (Lipinski definition) is 5. The molecular formula is C27H35N3O10P+. The zero-order valence-electron chi connectivity index (χ0n) is 22.4. The summed E-state index contributed by atoms with van der Waals surface area (Å²) in [5.41, 5.74) is 1.38. The number of carboxylic acid groups (broad SMARTS) is 4. The van der Waals surface area contributed by atoms with E-state index in [-0.39, 0.29) is 45.3 Å². The molecule has 2 aromatic carbocycles. The summed E-state index contributed by atoms with van der Waals surface area (Å²) in [5.74, 6) is -4.95. The number of nitrogens with zero attached hydrogens (tertiary/aromatic N) is 3. The normalized spacial score (nSPS) is 13.2. The molecule has 0 bridgehead atoms. The monoisotopic (exact) mass is 592 g/mol. The minimum Gasteiger partial charge on any atom is -0.480 e. The van der Waals surface area contributed by atoms with Crippen LogP contribution in [-0.2, 0) is 36.6 Å². The average Bonchev–Trinajstić information content (AvgIpc) is 2.90. The molecule has 5 N–H and O–H groups in total. The Bertz CT molecular complexity index is 1080. The van der Waals surface area contributed by atoms with E-state index >= 15 is 0 Å². The van der Waals surface area contributed by atoms with E-state index in [1.165, 1.54) is 14.7 Å². The summed E-state index contributed by atoms with van der Waals surface area (Å²) >= 11 is 0. The van der Waals surface area contributed by atoms with Crippen molar-refractivity contribution in [3.05, 3.63) is 71.8 Å². The first-order valence-electron chi connectivity index (χ1n) is 12.8. The molecule has 14 heteroatoms. The van der Waals surface area contributed by atoms with Gasteiger partial charge >= 0.3 is 31.9 Å². The lowest BCUT2D eigenvalue weighted by Crippen LogP contribution is -2.50. The average molecular weight is 593 g/mol. The van der Waals surface area contributed by atoms with Gasteiger partial charge in [-0.2, -0.15) is 4.89 Å². The Balaban J connectivity index is 2.20. The lowest BCUT2D eigenvalue weighted by Gasteiger charge is -2.31. The van der Waals surface area contributed by atoms with E-state index in [2.05, 4.69) is 0 Å². The van der Waals surface area contributed by atoms with Crippen molar-refractivity contribution in [3.8, 4) is 0 Å². The Morgan fingerprint density at radius 1 is 0.634 bits per heavy atom. The zero-order chi connectivity index (χ0) is 30.4. The van der Waals surface area contributed by atoms with Crippen molar-refractivity contribution in [1.82, 2.24) is 14.7 Å². The second kappa shape index (κ2) is 17.2. The van der Waals surface area contributed by atoms with Gasteiger partial charge in [0.2, 0.25) is 6.29 Å². The minimum atomic E-state index is -2.70. The number of benzene rings is 2. The highest BCUT2D eigenvalue weighted by Gasteiger charge is 2.31. The van der Waals surface area contributed by atoms with Crippen molar-refractivity contribution in [1.29, 1.82) is 0 Å². The molecular weight excluding hydrogens is 557 g/mol.